The van der Waals surface area contributed by atoms with Crippen molar-refractivity contribution < 1.29 is 17.6 Å². The zero-order valence-corrected chi connectivity index (χ0v) is 8.02. The number of hydrazone groups is 1. The molecule has 0 aliphatic rings. The maximum atomic E-state index is 12.1. The average molecular weight is 237 g/mol. The first-order valence-corrected chi connectivity index (χ1v) is 4.06. The van der Waals surface area contributed by atoms with Crippen LogP contribution in [0.5, 0.6) is 0 Å². The smallest absolute Gasteiger partial charge is 0.449 e. The maximum absolute atomic E-state index is 12.1. The van der Waals surface area contributed by atoms with E-state index in [1.165, 1.54) is 0 Å². The number of nitrogens with two attached hydrogens (primary N) is 1. The Hall–Kier alpha value is -1.57. The summed E-state index contributed by atoms with van der Waals surface area (Å²) in [6, 6.07) is 1.94. The number of rotatable bonds is 2. The molecule has 0 aromatic carbocycles. The highest BCUT2D eigenvalue weighted by Gasteiger charge is 2.34. The van der Waals surface area contributed by atoms with Gasteiger partial charge in [0.15, 0.2) is 5.11 Å². The van der Waals surface area contributed by atoms with E-state index in [2.05, 4.69) is 27.2 Å². The number of furan rings is 1. The van der Waals surface area contributed by atoms with Crippen molar-refractivity contribution in [3.8, 4) is 0 Å². The third-order valence-corrected chi connectivity index (χ3v) is 1.36. The zero-order chi connectivity index (χ0) is 11.5. The van der Waals surface area contributed by atoms with Crippen molar-refractivity contribution in [3.63, 3.8) is 0 Å². The molecule has 1 rings (SSSR count). The van der Waals surface area contributed by atoms with E-state index in [1.807, 2.05) is 0 Å². The minimum Gasteiger partial charge on any atom is -0.450 e. The molecule has 0 amide bonds. The summed E-state index contributed by atoms with van der Waals surface area (Å²) in [6.45, 7) is 0. The van der Waals surface area contributed by atoms with Crippen LogP contribution in [0.25, 0.3) is 0 Å². The Bertz CT molecular complexity index is 385. The van der Waals surface area contributed by atoms with Crippen molar-refractivity contribution in [1.82, 2.24) is 5.43 Å². The van der Waals surface area contributed by atoms with Crippen LogP contribution in [-0.4, -0.2) is 11.3 Å². The van der Waals surface area contributed by atoms with Gasteiger partial charge in [-0.15, -0.1) is 0 Å². The molecule has 0 atom stereocenters. The third kappa shape index (κ3) is 3.58. The lowest BCUT2D eigenvalue weighted by Gasteiger charge is -1.99. The fourth-order valence-corrected chi connectivity index (χ4v) is 0.787. The molecule has 1 aromatic heterocycles. The predicted octanol–water partition coefficient (Wildman–Crippen LogP) is 1.47. The lowest BCUT2D eigenvalue weighted by atomic mass is 10.4. The lowest BCUT2D eigenvalue weighted by molar-refractivity contribution is -0.153. The van der Waals surface area contributed by atoms with Crippen molar-refractivity contribution in [1.29, 1.82) is 0 Å². The van der Waals surface area contributed by atoms with E-state index < -0.39 is 11.9 Å². The van der Waals surface area contributed by atoms with Crippen molar-refractivity contribution in [2.24, 2.45) is 10.8 Å². The predicted molar refractivity (Wildman–Crippen MR) is 51.2 cm³/mol. The molecule has 0 spiro atoms. The first kappa shape index (κ1) is 11.5. The summed E-state index contributed by atoms with van der Waals surface area (Å²) < 4.78 is 40.6. The molecule has 0 aliphatic heterocycles. The van der Waals surface area contributed by atoms with Gasteiger partial charge < -0.3 is 10.2 Å². The molecular formula is C7H6F3N3OS. The number of halogens is 3. The molecule has 0 radical (unpaired) electrons. The molecule has 1 aromatic rings. The molecule has 0 unspecified atom stereocenters. The Kier molecular flexibility index (Phi) is 3.30. The maximum Gasteiger partial charge on any atom is 0.449 e. The van der Waals surface area contributed by atoms with Crippen LogP contribution in [-0.2, 0) is 6.18 Å². The van der Waals surface area contributed by atoms with Gasteiger partial charge in [-0.05, 0) is 24.4 Å². The van der Waals surface area contributed by atoms with Crippen LogP contribution in [0.1, 0.15) is 11.5 Å². The second-order valence-corrected chi connectivity index (χ2v) is 2.87. The summed E-state index contributed by atoms with van der Waals surface area (Å²) in [5.41, 5.74) is 7.21. The van der Waals surface area contributed by atoms with Crippen molar-refractivity contribution in [2.45, 2.75) is 6.18 Å². The van der Waals surface area contributed by atoms with Crippen molar-refractivity contribution in [3.05, 3.63) is 23.7 Å². The Balaban J connectivity index is 2.69. The molecule has 0 aliphatic carbocycles. The van der Waals surface area contributed by atoms with Crippen LogP contribution >= 0.6 is 12.2 Å². The van der Waals surface area contributed by atoms with Crippen molar-refractivity contribution >= 4 is 23.5 Å². The first-order valence-electron chi connectivity index (χ1n) is 3.65. The van der Waals surface area contributed by atoms with Crippen LogP contribution in [0.3, 0.4) is 0 Å². The van der Waals surface area contributed by atoms with Gasteiger partial charge in [-0.3, -0.25) is 5.43 Å². The molecule has 0 saturated carbocycles. The van der Waals surface area contributed by atoms with E-state index in [1.54, 1.807) is 0 Å². The second kappa shape index (κ2) is 4.30. The fraction of sp³-hybridized carbons (Fsp3) is 0.143. The third-order valence-electron chi connectivity index (χ3n) is 1.27. The molecule has 8 heteroatoms. The highest BCUT2D eigenvalue weighted by molar-refractivity contribution is 7.80. The molecular weight excluding hydrogens is 231 g/mol. The second-order valence-electron chi connectivity index (χ2n) is 2.43. The number of nitrogens with one attached hydrogen (secondary N) is 1. The lowest BCUT2D eigenvalue weighted by Crippen LogP contribution is -2.23. The summed E-state index contributed by atoms with van der Waals surface area (Å²) in [5, 5.41) is 3.35. The van der Waals surface area contributed by atoms with E-state index in [0.717, 1.165) is 18.3 Å². The quantitative estimate of drug-likeness (QED) is 0.464. The van der Waals surface area contributed by atoms with Gasteiger partial charge in [0.1, 0.15) is 5.76 Å². The summed E-state index contributed by atoms with van der Waals surface area (Å²) in [7, 11) is 0. The molecule has 4 nitrogen and oxygen atoms in total. The molecule has 82 valence electrons. The SMILES string of the molecule is NC(=S)NN=Cc1ccc(C(F)(F)F)o1. The highest BCUT2D eigenvalue weighted by atomic mass is 32.1. The van der Waals surface area contributed by atoms with Crippen molar-refractivity contribution in [2.75, 3.05) is 0 Å². The number of thiocarbonyl (C=S) groups is 1. The molecule has 15 heavy (non-hydrogen) atoms. The molecule has 1 heterocycles. The topological polar surface area (TPSA) is 63.5 Å². The van der Waals surface area contributed by atoms with Gasteiger partial charge in [0.25, 0.3) is 0 Å². The molecule has 0 bridgehead atoms. The largest absolute Gasteiger partial charge is 0.450 e. The molecule has 0 saturated heterocycles. The van der Waals surface area contributed by atoms with Gasteiger partial charge >= 0.3 is 6.18 Å². The van der Waals surface area contributed by atoms with Gasteiger partial charge in [0, 0.05) is 0 Å². The summed E-state index contributed by atoms with van der Waals surface area (Å²) in [5.74, 6) is -1.13. The normalized spacial score (nSPS) is 11.9. The van der Waals surface area contributed by atoms with E-state index >= 15 is 0 Å². The van der Waals surface area contributed by atoms with Crippen LogP contribution in [0, 0.1) is 0 Å². The standard InChI is InChI=1S/C7H6F3N3OS/c8-7(9,10)5-2-1-4(14-5)3-12-13-6(11)15/h1-3H,(H3,11,13,15). The number of alkyl halides is 3. The number of hydrogen-bond donors (Lipinski definition) is 2. The summed E-state index contributed by atoms with van der Waals surface area (Å²) in [6.07, 6.45) is -3.46. The Morgan fingerprint density at radius 2 is 2.20 bits per heavy atom. The average Bonchev–Trinajstić information content (AvgIpc) is 2.51. The first-order chi connectivity index (χ1) is 6.89. The monoisotopic (exact) mass is 237 g/mol. The van der Waals surface area contributed by atoms with Crippen LogP contribution in [0.2, 0.25) is 0 Å². The van der Waals surface area contributed by atoms with Crippen LogP contribution in [0.15, 0.2) is 21.7 Å². The van der Waals surface area contributed by atoms with E-state index in [4.69, 9.17) is 5.73 Å². The minimum atomic E-state index is -4.50. The molecule has 0 fully saturated rings. The zero-order valence-electron chi connectivity index (χ0n) is 7.21. The van der Waals surface area contributed by atoms with Gasteiger partial charge in [-0.2, -0.15) is 18.3 Å². The van der Waals surface area contributed by atoms with Crippen LogP contribution in [0.4, 0.5) is 13.2 Å². The Morgan fingerprint density at radius 3 is 2.67 bits per heavy atom. The van der Waals surface area contributed by atoms with E-state index in [0.29, 0.717) is 0 Å². The Morgan fingerprint density at radius 1 is 1.53 bits per heavy atom. The Labute approximate surface area is 87.9 Å². The summed E-state index contributed by atoms with van der Waals surface area (Å²) >= 11 is 4.42. The molecule has 3 N–H and O–H groups in total. The summed E-state index contributed by atoms with van der Waals surface area (Å²) in [4.78, 5) is 0. The van der Waals surface area contributed by atoms with Gasteiger partial charge in [-0.25, -0.2) is 0 Å². The van der Waals surface area contributed by atoms with Gasteiger partial charge in [-0.1, -0.05) is 0 Å². The highest BCUT2D eigenvalue weighted by Crippen LogP contribution is 2.30. The number of hydrogen-bond acceptors (Lipinski definition) is 3. The van der Waals surface area contributed by atoms with Crippen LogP contribution < -0.4 is 11.2 Å². The van der Waals surface area contributed by atoms with E-state index in [9.17, 15) is 13.2 Å². The van der Waals surface area contributed by atoms with Gasteiger partial charge in [0.2, 0.25) is 5.76 Å². The van der Waals surface area contributed by atoms with Gasteiger partial charge in [0.05, 0.1) is 6.21 Å². The number of nitrogens with zero attached hydrogens (tertiary/aromatic N) is 1. The van der Waals surface area contributed by atoms with E-state index in [-0.39, 0.29) is 10.9 Å². The fourth-order valence-electron chi connectivity index (χ4n) is 0.734. The minimum absolute atomic E-state index is 0.0499.